The smallest absolute Gasteiger partial charge is 0.152 e. The van der Waals surface area contributed by atoms with Crippen LogP contribution in [0, 0.1) is 12.7 Å². The van der Waals surface area contributed by atoms with E-state index in [0.717, 1.165) is 30.3 Å². The first-order valence-corrected chi connectivity index (χ1v) is 6.65. The fourth-order valence-electron chi connectivity index (χ4n) is 2.44. The van der Waals surface area contributed by atoms with Gasteiger partial charge in [0.15, 0.2) is 5.82 Å². The van der Waals surface area contributed by atoms with Crippen LogP contribution in [0.5, 0.6) is 0 Å². The molecule has 0 bridgehead atoms. The second-order valence-electron chi connectivity index (χ2n) is 4.96. The van der Waals surface area contributed by atoms with Gasteiger partial charge >= 0.3 is 0 Å². The van der Waals surface area contributed by atoms with Crippen LogP contribution < -0.4 is 5.32 Å². The van der Waals surface area contributed by atoms with Gasteiger partial charge in [-0.1, -0.05) is 0 Å². The monoisotopic (exact) mass is 260 g/mol. The van der Waals surface area contributed by atoms with E-state index >= 15 is 0 Å². The number of nitrogens with one attached hydrogen (secondary N) is 1. The molecular weight excluding hydrogens is 243 g/mol. The number of benzene rings is 1. The molecule has 1 aliphatic heterocycles. The summed E-state index contributed by atoms with van der Waals surface area (Å²) < 4.78 is 15.4. The molecule has 0 radical (unpaired) electrons. The third-order valence-corrected chi connectivity index (χ3v) is 3.54. The summed E-state index contributed by atoms with van der Waals surface area (Å²) in [6, 6.07) is 5.04. The van der Waals surface area contributed by atoms with E-state index in [1.807, 2.05) is 6.07 Å². The first-order chi connectivity index (χ1) is 9.24. The zero-order valence-corrected chi connectivity index (χ0v) is 11.0. The lowest BCUT2D eigenvalue weighted by molar-refractivity contribution is 0.510. The van der Waals surface area contributed by atoms with Crippen LogP contribution in [0.15, 0.2) is 18.2 Å². The van der Waals surface area contributed by atoms with Crippen molar-refractivity contribution in [2.24, 2.45) is 0 Å². The zero-order valence-electron chi connectivity index (χ0n) is 11.0. The van der Waals surface area contributed by atoms with Gasteiger partial charge in [0.25, 0.3) is 0 Å². The molecule has 4 nitrogen and oxygen atoms in total. The van der Waals surface area contributed by atoms with Gasteiger partial charge in [-0.25, -0.2) is 4.39 Å². The zero-order chi connectivity index (χ0) is 13.2. The SMILES string of the molecule is Cc1cc(NCc2nnc3n2CCCC3)ccc1F. The lowest BCUT2D eigenvalue weighted by Crippen LogP contribution is -2.15. The molecular formula is C14H17FN4. The van der Waals surface area contributed by atoms with Gasteiger partial charge in [0, 0.05) is 18.7 Å². The van der Waals surface area contributed by atoms with Crippen LogP contribution in [0.2, 0.25) is 0 Å². The molecule has 0 unspecified atom stereocenters. The minimum atomic E-state index is -0.176. The minimum absolute atomic E-state index is 0.176. The third-order valence-electron chi connectivity index (χ3n) is 3.54. The van der Waals surface area contributed by atoms with Crippen molar-refractivity contribution in [1.82, 2.24) is 14.8 Å². The molecule has 0 atom stereocenters. The number of nitrogens with zero attached hydrogens (tertiary/aromatic N) is 3. The molecule has 0 saturated carbocycles. The van der Waals surface area contributed by atoms with Crippen molar-refractivity contribution < 1.29 is 4.39 Å². The van der Waals surface area contributed by atoms with E-state index in [1.54, 1.807) is 13.0 Å². The van der Waals surface area contributed by atoms with E-state index in [9.17, 15) is 4.39 Å². The van der Waals surface area contributed by atoms with E-state index in [4.69, 9.17) is 0 Å². The molecule has 0 aliphatic carbocycles. The molecule has 0 amide bonds. The van der Waals surface area contributed by atoms with E-state index in [0.29, 0.717) is 12.1 Å². The molecule has 1 aromatic heterocycles. The predicted molar refractivity (Wildman–Crippen MR) is 71.4 cm³/mol. The first kappa shape index (κ1) is 12.1. The highest BCUT2D eigenvalue weighted by Crippen LogP contribution is 2.17. The molecule has 0 fully saturated rings. The molecule has 2 heterocycles. The van der Waals surface area contributed by atoms with Gasteiger partial charge in [0.05, 0.1) is 6.54 Å². The van der Waals surface area contributed by atoms with E-state index in [-0.39, 0.29) is 5.82 Å². The summed E-state index contributed by atoms with van der Waals surface area (Å²) in [7, 11) is 0. The number of aryl methyl sites for hydroxylation is 2. The summed E-state index contributed by atoms with van der Waals surface area (Å²) in [6.07, 6.45) is 3.40. The molecule has 1 N–H and O–H groups in total. The lowest BCUT2D eigenvalue weighted by atomic mass is 10.1. The predicted octanol–water partition coefficient (Wildman–Crippen LogP) is 2.67. The lowest BCUT2D eigenvalue weighted by Gasteiger charge is -2.15. The van der Waals surface area contributed by atoms with Gasteiger partial charge in [-0.2, -0.15) is 0 Å². The fourth-order valence-corrected chi connectivity index (χ4v) is 2.44. The Kier molecular flexibility index (Phi) is 3.19. The first-order valence-electron chi connectivity index (χ1n) is 6.65. The summed E-state index contributed by atoms with van der Waals surface area (Å²) in [5, 5.41) is 11.7. The highest BCUT2D eigenvalue weighted by Gasteiger charge is 2.15. The van der Waals surface area contributed by atoms with Crippen molar-refractivity contribution in [1.29, 1.82) is 0 Å². The van der Waals surface area contributed by atoms with Gasteiger partial charge in [-0.15, -0.1) is 10.2 Å². The molecule has 1 aliphatic rings. The van der Waals surface area contributed by atoms with E-state index in [2.05, 4.69) is 20.1 Å². The number of rotatable bonds is 3. The van der Waals surface area contributed by atoms with Crippen molar-refractivity contribution in [3.63, 3.8) is 0 Å². The molecule has 0 spiro atoms. The quantitative estimate of drug-likeness (QED) is 0.922. The third kappa shape index (κ3) is 2.45. The largest absolute Gasteiger partial charge is 0.378 e. The number of anilines is 1. The Morgan fingerprint density at radius 2 is 2.21 bits per heavy atom. The highest BCUT2D eigenvalue weighted by atomic mass is 19.1. The van der Waals surface area contributed by atoms with Crippen LogP contribution in [0.3, 0.4) is 0 Å². The summed E-state index contributed by atoms with van der Waals surface area (Å²) >= 11 is 0. The van der Waals surface area contributed by atoms with Crippen molar-refractivity contribution >= 4 is 5.69 Å². The molecule has 0 saturated heterocycles. The van der Waals surface area contributed by atoms with Crippen LogP contribution in [0.25, 0.3) is 0 Å². The Morgan fingerprint density at radius 3 is 3.05 bits per heavy atom. The Bertz CT molecular complexity index is 591. The molecule has 3 rings (SSSR count). The molecule has 19 heavy (non-hydrogen) atoms. The second kappa shape index (κ2) is 4.99. The summed E-state index contributed by atoms with van der Waals surface area (Å²) in [4.78, 5) is 0. The van der Waals surface area contributed by atoms with Crippen LogP contribution in [0.1, 0.15) is 30.1 Å². The van der Waals surface area contributed by atoms with Crippen LogP contribution in [0.4, 0.5) is 10.1 Å². The van der Waals surface area contributed by atoms with Crippen molar-refractivity contribution in [3.8, 4) is 0 Å². The van der Waals surface area contributed by atoms with Crippen LogP contribution >= 0.6 is 0 Å². The van der Waals surface area contributed by atoms with Crippen LogP contribution in [-0.4, -0.2) is 14.8 Å². The Labute approximate surface area is 111 Å². The van der Waals surface area contributed by atoms with Crippen molar-refractivity contribution in [3.05, 3.63) is 41.2 Å². The molecule has 100 valence electrons. The maximum atomic E-state index is 13.2. The van der Waals surface area contributed by atoms with Gasteiger partial charge in [-0.3, -0.25) is 0 Å². The number of fused-ring (bicyclic) bond motifs is 1. The maximum absolute atomic E-state index is 13.2. The van der Waals surface area contributed by atoms with Crippen molar-refractivity contribution in [2.75, 3.05) is 5.32 Å². The summed E-state index contributed by atoms with van der Waals surface area (Å²) in [5.41, 5.74) is 1.56. The maximum Gasteiger partial charge on any atom is 0.152 e. The molecule has 1 aromatic carbocycles. The molecule has 5 heteroatoms. The summed E-state index contributed by atoms with van der Waals surface area (Å²) in [5.74, 6) is 1.86. The van der Waals surface area contributed by atoms with Gasteiger partial charge in [-0.05, 0) is 43.5 Å². The number of hydrogen-bond acceptors (Lipinski definition) is 3. The number of halogens is 1. The van der Waals surface area contributed by atoms with E-state index in [1.165, 1.54) is 18.9 Å². The minimum Gasteiger partial charge on any atom is -0.378 e. The number of hydrogen-bond donors (Lipinski definition) is 1. The summed E-state index contributed by atoms with van der Waals surface area (Å²) in [6.45, 7) is 3.39. The van der Waals surface area contributed by atoms with Gasteiger partial charge < -0.3 is 9.88 Å². The topological polar surface area (TPSA) is 42.7 Å². The van der Waals surface area contributed by atoms with E-state index < -0.39 is 0 Å². The molecule has 2 aromatic rings. The second-order valence-corrected chi connectivity index (χ2v) is 4.96. The Morgan fingerprint density at radius 1 is 1.32 bits per heavy atom. The standard InChI is InChI=1S/C14H17FN4/c1-10-8-11(5-6-12(10)15)16-9-14-18-17-13-4-2-3-7-19(13)14/h5-6,8,16H,2-4,7,9H2,1H3. The fraction of sp³-hybridized carbons (Fsp3) is 0.429. The Balaban J connectivity index is 1.72. The highest BCUT2D eigenvalue weighted by molar-refractivity contribution is 5.45. The van der Waals surface area contributed by atoms with Gasteiger partial charge in [0.1, 0.15) is 11.6 Å². The Hall–Kier alpha value is -1.91. The van der Waals surface area contributed by atoms with Gasteiger partial charge in [0.2, 0.25) is 0 Å². The van der Waals surface area contributed by atoms with Crippen LogP contribution in [-0.2, 0) is 19.5 Å². The number of aromatic nitrogens is 3. The average molecular weight is 260 g/mol. The normalized spacial score (nSPS) is 14.2. The van der Waals surface area contributed by atoms with Crippen molar-refractivity contribution in [2.45, 2.75) is 39.3 Å². The average Bonchev–Trinajstić information content (AvgIpc) is 2.83.